The van der Waals surface area contributed by atoms with Crippen molar-refractivity contribution in [1.29, 1.82) is 0 Å². The lowest BCUT2D eigenvalue weighted by molar-refractivity contribution is -0.386. The molecule has 1 amide bonds. The zero-order valence-corrected chi connectivity index (χ0v) is 15.6. The lowest BCUT2D eigenvalue weighted by Gasteiger charge is -2.22. The largest absolute Gasteiger partial charge is 0.484 e. The second-order valence-electron chi connectivity index (χ2n) is 6.40. The maximum absolute atomic E-state index is 13.2. The van der Waals surface area contributed by atoms with Crippen LogP contribution in [0.5, 0.6) is 5.75 Å². The SMILES string of the molecule is CC(C)(C)OC(=O)NC(COc1c([N+](=O)[O-])cc(Cl)cc1C(F)(F)F)C(=O)O. The van der Waals surface area contributed by atoms with Crippen LogP contribution < -0.4 is 10.1 Å². The Morgan fingerprint density at radius 1 is 1.32 bits per heavy atom. The quantitative estimate of drug-likeness (QED) is 0.523. The number of halogens is 4. The summed E-state index contributed by atoms with van der Waals surface area (Å²) < 4.78 is 49.2. The molecule has 1 unspecified atom stereocenters. The van der Waals surface area contributed by atoms with Gasteiger partial charge in [0.2, 0.25) is 5.75 Å². The standard InChI is InChI=1S/C15H16ClF3N2O7/c1-14(2,3)28-13(24)20-9(12(22)23)6-27-11-8(15(17,18)19)4-7(16)5-10(11)21(25)26/h4-5,9H,6H2,1-3H3,(H,20,24)(H,22,23). The first-order valence-electron chi connectivity index (χ1n) is 7.52. The number of alkyl carbamates (subject to hydrolysis) is 1. The van der Waals surface area contributed by atoms with Gasteiger partial charge in [-0.3, -0.25) is 10.1 Å². The summed E-state index contributed by atoms with van der Waals surface area (Å²) in [5, 5.41) is 21.5. The molecule has 0 heterocycles. The van der Waals surface area contributed by atoms with Crippen molar-refractivity contribution in [3.8, 4) is 5.75 Å². The van der Waals surface area contributed by atoms with Crippen LogP contribution in [0.1, 0.15) is 26.3 Å². The summed E-state index contributed by atoms with van der Waals surface area (Å²) in [6.07, 6.45) is -6.23. The maximum Gasteiger partial charge on any atom is 0.420 e. The summed E-state index contributed by atoms with van der Waals surface area (Å²) in [5.41, 5.74) is -3.64. The number of alkyl halides is 3. The van der Waals surface area contributed by atoms with Crippen molar-refractivity contribution in [2.75, 3.05) is 6.61 Å². The lowest BCUT2D eigenvalue weighted by atomic mass is 10.1. The third-order valence-electron chi connectivity index (χ3n) is 2.92. The Morgan fingerprint density at radius 2 is 1.89 bits per heavy atom. The first-order valence-corrected chi connectivity index (χ1v) is 7.90. The van der Waals surface area contributed by atoms with Gasteiger partial charge in [0.05, 0.1) is 4.92 Å². The van der Waals surface area contributed by atoms with Crippen molar-refractivity contribution >= 4 is 29.4 Å². The second kappa shape index (κ2) is 8.50. The topological polar surface area (TPSA) is 128 Å². The van der Waals surface area contributed by atoms with E-state index in [9.17, 15) is 32.9 Å². The van der Waals surface area contributed by atoms with E-state index in [4.69, 9.17) is 26.2 Å². The van der Waals surface area contributed by atoms with Crippen LogP contribution in [0.4, 0.5) is 23.7 Å². The first kappa shape index (κ1) is 23.3. The molecular weight excluding hydrogens is 413 g/mol. The highest BCUT2D eigenvalue weighted by Gasteiger charge is 2.39. The Labute approximate surface area is 161 Å². The molecule has 156 valence electrons. The molecule has 0 bridgehead atoms. The molecule has 1 rings (SSSR count). The highest BCUT2D eigenvalue weighted by Crippen LogP contribution is 2.43. The predicted octanol–water partition coefficient (Wildman–Crippen LogP) is 3.62. The summed E-state index contributed by atoms with van der Waals surface area (Å²) in [4.78, 5) is 32.8. The molecule has 0 aliphatic heterocycles. The van der Waals surface area contributed by atoms with E-state index in [1.807, 2.05) is 5.32 Å². The molecule has 2 N–H and O–H groups in total. The molecule has 0 saturated carbocycles. The maximum atomic E-state index is 13.2. The van der Waals surface area contributed by atoms with Crippen molar-refractivity contribution in [3.05, 3.63) is 32.8 Å². The predicted molar refractivity (Wildman–Crippen MR) is 89.4 cm³/mol. The second-order valence-corrected chi connectivity index (χ2v) is 6.84. The number of amides is 1. The van der Waals surface area contributed by atoms with Gasteiger partial charge in [0.25, 0.3) is 0 Å². The van der Waals surface area contributed by atoms with E-state index in [2.05, 4.69) is 0 Å². The summed E-state index contributed by atoms with van der Waals surface area (Å²) >= 11 is 5.49. The average Bonchev–Trinajstić information content (AvgIpc) is 2.48. The van der Waals surface area contributed by atoms with Gasteiger partial charge in [-0.25, -0.2) is 9.59 Å². The number of benzene rings is 1. The van der Waals surface area contributed by atoms with Gasteiger partial charge in [-0.1, -0.05) is 11.6 Å². The lowest BCUT2D eigenvalue weighted by Crippen LogP contribution is -2.46. The highest BCUT2D eigenvalue weighted by atomic mass is 35.5. The Hall–Kier alpha value is -2.76. The fraction of sp³-hybridized carbons (Fsp3) is 0.467. The van der Waals surface area contributed by atoms with Crippen LogP contribution in [-0.2, 0) is 15.7 Å². The van der Waals surface area contributed by atoms with Gasteiger partial charge < -0.3 is 19.9 Å². The molecule has 1 aromatic carbocycles. The van der Waals surface area contributed by atoms with Crippen molar-refractivity contribution in [2.24, 2.45) is 0 Å². The highest BCUT2D eigenvalue weighted by molar-refractivity contribution is 6.31. The van der Waals surface area contributed by atoms with Gasteiger partial charge in [0.15, 0.2) is 6.04 Å². The van der Waals surface area contributed by atoms with Gasteiger partial charge >= 0.3 is 23.9 Å². The fourth-order valence-electron chi connectivity index (χ4n) is 1.87. The number of ether oxygens (including phenoxy) is 2. The van der Waals surface area contributed by atoms with Crippen LogP contribution in [0.25, 0.3) is 0 Å². The van der Waals surface area contributed by atoms with Crippen LogP contribution in [0.15, 0.2) is 12.1 Å². The number of carbonyl (C=O) groups is 2. The van der Waals surface area contributed by atoms with E-state index in [1.165, 1.54) is 20.8 Å². The smallest absolute Gasteiger partial charge is 0.420 e. The van der Waals surface area contributed by atoms with E-state index < -0.39 is 63.4 Å². The number of carbonyl (C=O) groups excluding carboxylic acids is 1. The van der Waals surface area contributed by atoms with Crippen LogP contribution in [-0.4, -0.2) is 40.3 Å². The van der Waals surface area contributed by atoms with Crippen molar-refractivity contribution in [2.45, 2.75) is 38.6 Å². The van der Waals surface area contributed by atoms with E-state index in [0.717, 1.165) is 0 Å². The van der Waals surface area contributed by atoms with E-state index >= 15 is 0 Å². The van der Waals surface area contributed by atoms with Gasteiger partial charge in [-0.05, 0) is 26.8 Å². The number of rotatable bonds is 6. The summed E-state index contributed by atoms with van der Waals surface area (Å²) in [5.74, 6) is -2.88. The van der Waals surface area contributed by atoms with Crippen LogP contribution in [0.2, 0.25) is 5.02 Å². The molecule has 28 heavy (non-hydrogen) atoms. The molecule has 9 nitrogen and oxygen atoms in total. The van der Waals surface area contributed by atoms with Gasteiger partial charge in [-0.15, -0.1) is 0 Å². The molecule has 0 aliphatic carbocycles. The van der Waals surface area contributed by atoms with E-state index in [-0.39, 0.29) is 0 Å². The number of nitrogens with zero attached hydrogens (tertiary/aromatic N) is 1. The molecule has 0 saturated heterocycles. The average molecular weight is 429 g/mol. The summed E-state index contributed by atoms with van der Waals surface area (Å²) in [6.45, 7) is 3.47. The number of carboxylic acids is 1. The molecule has 1 aromatic rings. The van der Waals surface area contributed by atoms with Crippen molar-refractivity contribution in [1.82, 2.24) is 5.32 Å². The number of nitro groups is 1. The summed E-state index contributed by atoms with van der Waals surface area (Å²) in [6, 6.07) is -0.810. The third-order valence-corrected chi connectivity index (χ3v) is 3.14. The van der Waals surface area contributed by atoms with Crippen LogP contribution >= 0.6 is 11.6 Å². The molecule has 0 fully saturated rings. The molecule has 0 aromatic heterocycles. The number of carboxylic acid groups (broad SMARTS) is 1. The Morgan fingerprint density at radius 3 is 2.32 bits per heavy atom. The molecule has 0 radical (unpaired) electrons. The Kier molecular flexibility index (Phi) is 7.07. The molecule has 1 atom stereocenters. The minimum atomic E-state index is -5.07. The molecule has 0 spiro atoms. The Bertz CT molecular complexity index is 778. The van der Waals surface area contributed by atoms with Gasteiger partial charge in [0.1, 0.15) is 17.8 Å². The van der Waals surface area contributed by atoms with Gasteiger partial charge in [0, 0.05) is 11.1 Å². The molecule has 13 heteroatoms. The van der Waals surface area contributed by atoms with Gasteiger partial charge in [-0.2, -0.15) is 13.2 Å². The van der Waals surface area contributed by atoms with Crippen molar-refractivity contribution < 1.29 is 42.3 Å². The number of hydrogen-bond donors (Lipinski definition) is 2. The molecule has 0 aliphatic rings. The van der Waals surface area contributed by atoms with Crippen molar-refractivity contribution in [3.63, 3.8) is 0 Å². The van der Waals surface area contributed by atoms with E-state index in [0.29, 0.717) is 12.1 Å². The minimum absolute atomic E-state index is 0.404. The monoisotopic (exact) mass is 428 g/mol. The van der Waals surface area contributed by atoms with Crippen LogP contribution in [0.3, 0.4) is 0 Å². The Balaban J connectivity index is 3.16. The van der Waals surface area contributed by atoms with E-state index in [1.54, 1.807) is 0 Å². The van der Waals surface area contributed by atoms with Crippen LogP contribution in [0, 0.1) is 10.1 Å². The zero-order chi connectivity index (χ0) is 21.9. The molecular formula is C15H16ClF3N2O7. The zero-order valence-electron chi connectivity index (χ0n) is 14.8. The number of nitrogens with one attached hydrogen (secondary N) is 1. The normalized spacial score (nSPS) is 12.8. The fourth-order valence-corrected chi connectivity index (χ4v) is 2.08. The third kappa shape index (κ3) is 6.76. The number of aliphatic carboxylic acids is 1. The summed E-state index contributed by atoms with van der Waals surface area (Å²) in [7, 11) is 0. The number of nitro benzene ring substituents is 1. The first-order chi connectivity index (χ1) is 12.6. The minimum Gasteiger partial charge on any atom is -0.484 e. The number of hydrogen-bond acceptors (Lipinski definition) is 6.